The summed E-state index contributed by atoms with van der Waals surface area (Å²) in [6.07, 6.45) is 0.775. The van der Waals surface area contributed by atoms with Gasteiger partial charge in [-0.1, -0.05) is 20.3 Å². The number of halogens is 3. The lowest BCUT2D eigenvalue weighted by Crippen LogP contribution is -2.62. The van der Waals surface area contributed by atoms with Crippen LogP contribution in [-0.4, -0.2) is 35.9 Å². The van der Waals surface area contributed by atoms with Crippen molar-refractivity contribution in [2.45, 2.75) is 32.2 Å². The summed E-state index contributed by atoms with van der Waals surface area (Å²) in [4.78, 5) is 12.6. The van der Waals surface area contributed by atoms with Gasteiger partial charge < -0.3 is 10.6 Å². The van der Waals surface area contributed by atoms with Crippen LogP contribution in [0.2, 0.25) is 0 Å². The highest BCUT2D eigenvalue weighted by Gasteiger charge is 2.47. The quantitative estimate of drug-likeness (QED) is 0.810. The molecule has 1 heterocycles. The minimum atomic E-state index is -2.70. The number of hydrogen-bond donors (Lipinski definition) is 1. The predicted octanol–water partition coefficient (Wildman–Crippen LogP) is 1.26. The molecular weight excluding hydrogens is 226 g/mol. The molecule has 0 unspecified atom stereocenters. The Morgan fingerprint density at radius 3 is 2.33 bits per heavy atom. The van der Waals surface area contributed by atoms with E-state index in [2.05, 4.69) is 0 Å². The first-order chi connectivity index (χ1) is 6.37. The Morgan fingerprint density at radius 1 is 1.53 bits per heavy atom. The molecule has 0 aliphatic carbocycles. The summed E-state index contributed by atoms with van der Waals surface area (Å²) >= 11 is 0. The Labute approximate surface area is 94.4 Å². The molecule has 6 heteroatoms. The van der Waals surface area contributed by atoms with Crippen molar-refractivity contribution in [3.63, 3.8) is 0 Å². The van der Waals surface area contributed by atoms with E-state index < -0.39 is 25.1 Å². The van der Waals surface area contributed by atoms with E-state index in [-0.39, 0.29) is 24.2 Å². The van der Waals surface area contributed by atoms with E-state index in [4.69, 9.17) is 5.73 Å². The second-order valence-electron chi connectivity index (χ2n) is 3.96. The molecule has 1 aliphatic rings. The lowest BCUT2D eigenvalue weighted by atomic mass is 9.97. The first-order valence-corrected chi connectivity index (χ1v) is 4.79. The van der Waals surface area contributed by atoms with E-state index in [9.17, 15) is 13.6 Å². The maximum Gasteiger partial charge on any atom is 0.282 e. The third kappa shape index (κ3) is 3.28. The third-order valence-corrected chi connectivity index (χ3v) is 2.70. The van der Waals surface area contributed by atoms with Crippen LogP contribution < -0.4 is 5.73 Å². The molecule has 1 rings (SSSR count). The van der Waals surface area contributed by atoms with Gasteiger partial charge in [-0.3, -0.25) is 4.79 Å². The van der Waals surface area contributed by atoms with Crippen LogP contribution in [0.3, 0.4) is 0 Å². The highest BCUT2D eigenvalue weighted by Crippen LogP contribution is 2.27. The van der Waals surface area contributed by atoms with E-state index in [1.807, 2.05) is 13.8 Å². The fraction of sp³-hybridized carbons (Fsp3) is 0.889. The zero-order valence-electron chi connectivity index (χ0n) is 8.87. The van der Waals surface area contributed by atoms with Crippen LogP contribution >= 0.6 is 12.4 Å². The molecule has 1 saturated heterocycles. The molecule has 1 amide bonds. The number of alkyl halides is 2. The average molecular weight is 243 g/mol. The summed E-state index contributed by atoms with van der Waals surface area (Å²) in [6.45, 7) is 2.81. The van der Waals surface area contributed by atoms with Crippen molar-refractivity contribution in [1.29, 1.82) is 0 Å². The summed E-state index contributed by atoms with van der Waals surface area (Å²) in [5, 5.41) is 0. The fourth-order valence-corrected chi connectivity index (χ4v) is 1.38. The van der Waals surface area contributed by atoms with Crippen molar-refractivity contribution in [2.24, 2.45) is 11.7 Å². The van der Waals surface area contributed by atoms with Crippen LogP contribution in [0.1, 0.15) is 20.3 Å². The number of nitrogens with two attached hydrogens (primary N) is 1. The molecule has 2 atom stereocenters. The molecule has 0 aromatic rings. The molecular formula is C9H17ClF2N2O. The number of hydrogen-bond acceptors (Lipinski definition) is 2. The summed E-state index contributed by atoms with van der Waals surface area (Å²) < 4.78 is 24.9. The van der Waals surface area contributed by atoms with Gasteiger partial charge >= 0.3 is 0 Å². The summed E-state index contributed by atoms with van der Waals surface area (Å²) in [5.74, 6) is -3.02. The van der Waals surface area contributed by atoms with Gasteiger partial charge in [-0.25, -0.2) is 8.78 Å². The number of carbonyl (C=O) groups excluding carboxylic acids is 1. The molecule has 0 aromatic carbocycles. The maximum absolute atomic E-state index is 12.5. The van der Waals surface area contributed by atoms with Gasteiger partial charge in [0.05, 0.1) is 19.1 Å². The topological polar surface area (TPSA) is 46.3 Å². The Balaban J connectivity index is 0.00000196. The van der Waals surface area contributed by atoms with Crippen LogP contribution in [0.25, 0.3) is 0 Å². The van der Waals surface area contributed by atoms with Gasteiger partial charge in [0, 0.05) is 0 Å². The van der Waals surface area contributed by atoms with Crippen molar-refractivity contribution in [3.8, 4) is 0 Å². The number of likely N-dealkylation sites (tertiary alicyclic amines) is 1. The molecule has 0 aromatic heterocycles. The van der Waals surface area contributed by atoms with Crippen LogP contribution in [0.5, 0.6) is 0 Å². The van der Waals surface area contributed by atoms with E-state index in [1.165, 1.54) is 0 Å². The van der Waals surface area contributed by atoms with Crippen molar-refractivity contribution in [2.75, 3.05) is 13.1 Å². The normalized spacial score (nSPS) is 22.3. The first kappa shape index (κ1) is 14.6. The molecule has 2 N–H and O–H groups in total. The van der Waals surface area contributed by atoms with Crippen molar-refractivity contribution < 1.29 is 13.6 Å². The van der Waals surface area contributed by atoms with Crippen LogP contribution in [0, 0.1) is 5.92 Å². The Hall–Kier alpha value is -0.420. The van der Waals surface area contributed by atoms with Crippen LogP contribution in [0.4, 0.5) is 8.78 Å². The van der Waals surface area contributed by atoms with E-state index >= 15 is 0 Å². The molecule has 1 fully saturated rings. The van der Waals surface area contributed by atoms with Gasteiger partial charge in [-0.15, -0.1) is 12.4 Å². The van der Waals surface area contributed by atoms with Crippen molar-refractivity contribution in [1.82, 2.24) is 4.90 Å². The lowest BCUT2D eigenvalue weighted by molar-refractivity contribution is -0.167. The van der Waals surface area contributed by atoms with Gasteiger partial charge in [0.15, 0.2) is 0 Å². The smallest absolute Gasteiger partial charge is 0.282 e. The summed E-state index contributed by atoms with van der Waals surface area (Å²) in [6, 6.07) is -0.643. The molecule has 0 saturated carbocycles. The number of amides is 1. The highest BCUT2D eigenvalue weighted by molar-refractivity contribution is 5.85. The number of rotatable bonds is 3. The molecule has 3 nitrogen and oxygen atoms in total. The largest absolute Gasteiger partial charge is 0.329 e. The zero-order chi connectivity index (χ0) is 10.9. The first-order valence-electron chi connectivity index (χ1n) is 4.79. The van der Waals surface area contributed by atoms with Gasteiger partial charge in [0.25, 0.3) is 5.92 Å². The maximum atomic E-state index is 12.5. The van der Waals surface area contributed by atoms with Gasteiger partial charge in [0.2, 0.25) is 5.91 Å². The molecule has 1 aliphatic heterocycles. The van der Waals surface area contributed by atoms with Crippen molar-refractivity contribution >= 4 is 18.3 Å². The van der Waals surface area contributed by atoms with Crippen molar-refractivity contribution in [3.05, 3.63) is 0 Å². The summed E-state index contributed by atoms with van der Waals surface area (Å²) in [7, 11) is 0. The Kier molecular flexibility index (Phi) is 4.93. The summed E-state index contributed by atoms with van der Waals surface area (Å²) in [5.41, 5.74) is 5.63. The third-order valence-electron chi connectivity index (χ3n) is 2.70. The molecule has 90 valence electrons. The Morgan fingerprint density at radius 2 is 2.00 bits per heavy atom. The standard InChI is InChI=1S/C9H16F2N2O.ClH/c1-3-6(2)7(12)8(14)13-4-9(10,11)5-13;/h6-7H,3-5,12H2,1-2H3;1H/t6-,7-;/m0./s1. The van der Waals surface area contributed by atoms with E-state index in [0.717, 1.165) is 11.3 Å². The number of nitrogens with zero attached hydrogens (tertiary/aromatic N) is 1. The number of carbonyl (C=O) groups is 1. The lowest BCUT2D eigenvalue weighted by Gasteiger charge is -2.40. The molecule has 0 radical (unpaired) electrons. The van der Waals surface area contributed by atoms with Crippen LogP contribution in [0.15, 0.2) is 0 Å². The zero-order valence-corrected chi connectivity index (χ0v) is 9.69. The highest BCUT2D eigenvalue weighted by atomic mass is 35.5. The second-order valence-corrected chi connectivity index (χ2v) is 3.96. The van der Waals surface area contributed by atoms with Gasteiger partial charge in [-0.05, 0) is 5.92 Å². The average Bonchev–Trinajstić information content (AvgIpc) is 2.10. The minimum Gasteiger partial charge on any atom is -0.329 e. The van der Waals surface area contributed by atoms with Crippen LogP contribution in [-0.2, 0) is 4.79 Å². The molecule has 15 heavy (non-hydrogen) atoms. The molecule has 0 bridgehead atoms. The van der Waals surface area contributed by atoms with E-state index in [0.29, 0.717) is 0 Å². The fourth-order valence-electron chi connectivity index (χ4n) is 1.38. The second kappa shape index (κ2) is 5.07. The predicted molar refractivity (Wildman–Crippen MR) is 56.2 cm³/mol. The van der Waals surface area contributed by atoms with E-state index in [1.54, 1.807) is 0 Å². The van der Waals surface area contributed by atoms with Gasteiger partial charge in [-0.2, -0.15) is 0 Å². The van der Waals surface area contributed by atoms with Gasteiger partial charge in [0.1, 0.15) is 0 Å². The monoisotopic (exact) mass is 242 g/mol. The SMILES string of the molecule is CC[C@H](C)[C@H](N)C(=O)N1CC(F)(F)C1.Cl. The minimum absolute atomic E-state index is 0. The Bertz CT molecular complexity index is 230. The molecule has 0 spiro atoms.